The van der Waals surface area contributed by atoms with E-state index in [1.807, 2.05) is 12.1 Å². The Kier molecular flexibility index (Phi) is 7.78. The molecule has 0 bridgehead atoms. The summed E-state index contributed by atoms with van der Waals surface area (Å²) in [6.45, 7) is 3.86. The number of hydrogen-bond donors (Lipinski definition) is 0. The predicted molar refractivity (Wildman–Crippen MR) is 137 cm³/mol. The molecule has 3 aromatic rings. The van der Waals surface area contributed by atoms with E-state index in [-0.39, 0.29) is 11.1 Å². The Morgan fingerprint density at radius 1 is 0.800 bits per heavy atom. The molecule has 35 heavy (non-hydrogen) atoms. The second-order valence-electron chi connectivity index (χ2n) is 9.59. The summed E-state index contributed by atoms with van der Waals surface area (Å²) in [4.78, 5) is 0. The molecule has 0 spiro atoms. The first-order valence-corrected chi connectivity index (χ1v) is 12.5. The van der Waals surface area contributed by atoms with Crippen LogP contribution in [0.25, 0.3) is 28.3 Å². The fraction of sp³-hybridized carbons (Fsp3) is 0.355. The van der Waals surface area contributed by atoms with Crippen LogP contribution in [0.3, 0.4) is 0 Å². The van der Waals surface area contributed by atoms with Crippen LogP contribution >= 0.6 is 0 Å². The van der Waals surface area contributed by atoms with Crippen molar-refractivity contribution in [2.75, 3.05) is 0 Å². The maximum atomic E-state index is 15.0. The lowest BCUT2D eigenvalue weighted by atomic mass is 9.77. The Balaban J connectivity index is 1.53. The van der Waals surface area contributed by atoms with Crippen molar-refractivity contribution in [3.05, 3.63) is 89.2 Å². The minimum atomic E-state index is -4.77. The Morgan fingerprint density at radius 2 is 1.37 bits per heavy atom. The molecule has 0 unspecified atom stereocenters. The average Bonchev–Trinajstić information content (AvgIpc) is 2.85. The fourth-order valence-electron chi connectivity index (χ4n) is 5.40. The van der Waals surface area contributed by atoms with Crippen LogP contribution in [0, 0.1) is 11.7 Å². The smallest absolute Gasteiger partial charge is 0.206 e. The van der Waals surface area contributed by atoms with Gasteiger partial charge in [0.2, 0.25) is 0 Å². The highest BCUT2D eigenvalue weighted by Gasteiger charge is 2.37. The molecule has 4 rings (SSSR count). The second kappa shape index (κ2) is 10.8. The highest BCUT2D eigenvalue weighted by Crippen LogP contribution is 2.40. The summed E-state index contributed by atoms with van der Waals surface area (Å²) in [5.41, 5.74) is 2.35. The Morgan fingerprint density at radius 3 is 1.91 bits per heavy atom. The van der Waals surface area contributed by atoms with E-state index in [4.69, 9.17) is 0 Å². The minimum Gasteiger partial charge on any atom is -0.206 e. The van der Waals surface area contributed by atoms with Crippen LogP contribution in [0.5, 0.6) is 0 Å². The van der Waals surface area contributed by atoms with Gasteiger partial charge in [-0.2, -0.15) is 13.2 Å². The normalized spacial score (nSPS) is 18.8. The molecule has 1 saturated carbocycles. The highest BCUT2D eigenvalue weighted by atomic mass is 19.4. The maximum Gasteiger partial charge on any atom is 0.419 e. The molecule has 0 N–H and O–H groups in total. The minimum absolute atomic E-state index is 0.0499. The van der Waals surface area contributed by atoms with Gasteiger partial charge in [-0.1, -0.05) is 92.6 Å². The lowest BCUT2D eigenvalue weighted by Crippen LogP contribution is -2.13. The molecule has 1 fully saturated rings. The van der Waals surface area contributed by atoms with Crippen molar-refractivity contribution in [2.45, 2.75) is 64.5 Å². The van der Waals surface area contributed by atoms with E-state index in [2.05, 4.69) is 31.2 Å². The van der Waals surface area contributed by atoms with Gasteiger partial charge in [0.05, 0.1) is 5.56 Å². The maximum absolute atomic E-state index is 15.0. The Labute approximate surface area is 205 Å². The third kappa shape index (κ3) is 5.69. The number of allylic oxidation sites excluding steroid dienone is 1. The molecule has 0 radical (unpaired) electrons. The number of alkyl halides is 3. The molecule has 1 aliphatic rings. The molecule has 3 aromatic carbocycles. The summed E-state index contributed by atoms with van der Waals surface area (Å²) in [5, 5.41) is 0. The summed E-state index contributed by atoms with van der Waals surface area (Å²) in [6, 6.07) is 18.4. The zero-order chi connectivity index (χ0) is 25.0. The molecule has 0 aromatic heterocycles. The highest BCUT2D eigenvalue weighted by molar-refractivity contribution is 5.73. The van der Waals surface area contributed by atoms with Crippen LogP contribution in [-0.2, 0) is 6.18 Å². The molecule has 0 atom stereocenters. The first-order chi connectivity index (χ1) is 16.8. The van der Waals surface area contributed by atoms with Crippen molar-refractivity contribution < 1.29 is 17.6 Å². The monoisotopic (exact) mass is 480 g/mol. The first kappa shape index (κ1) is 25.2. The van der Waals surface area contributed by atoms with Crippen LogP contribution in [0.1, 0.15) is 75.0 Å². The van der Waals surface area contributed by atoms with Crippen molar-refractivity contribution in [3.63, 3.8) is 0 Å². The summed E-state index contributed by atoms with van der Waals surface area (Å²) in [7, 11) is 0. The fourth-order valence-corrected chi connectivity index (χ4v) is 5.40. The van der Waals surface area contributed by atoms with E-state index in [9.17, 15) is 17.6 Å². The van der Waals surface area contributed by atoms with Gasteiger partial charge >= 0.3 is 6.18 Å². The van der Waals surface area contributed by atoms with Crippen molar-refractivity contribution in [1.82, 2.24) is 0 Å². The van der Waals surface area contributed by atoms with Crippen LogP contribution in [-0.4, -0.2) is 0 Å². The van der Waals surface area contributed by atoms with Crippen LogP contribution in [0.4, 0.5) is 17.6 Å². The molecule has 0 heterocycles. The number of halogens is 4. The summed E-state index contributed by atoms with van der Waals surface area (Å²) >= 11 is 0. The quantitative estimate of drug-likeness (QED) is 0.308. The third-order valence-corrected chi connectivity index (χ3v) is 7.26. The van der Waals surface area contributed by atoms with Gasteiger partial charge in [-0.3, -0.25) is 0 Å². The summed E-state index contributed by atoms with van der Waals surface area (Å²) in [6.07, 6.45) is 5.69. The zero-order valence-corrected chi connectivity index (χ0v) is 20.3. The topological polar surface area (TPSA) is 0 Å². The molecule has 184 valence electrons. The number of rotatable bonds is 6. The van der Waals surface area contributed by atoms with Crippen molar-refractivity contribution in [2.24, 2.45) is 5.92 Å². The molecule has 0 nitrogen and oxygen atoms in total. The number of hydrogen-bond acceptors (Lipinski definition) is 0. The van der Waals surface area contributed by atoms with Crippen LogP contribution in [0.15, 0.2) is 66.7 Å². The van der Waals surface area contributed by atoms with Crippen molar-refractivity contribution in [3.8, 4) is 22.3 Å². The standard InChI is InChI=1S/C31H32F4/c1-3-5-21-7-9-22(10-8-21)23-11-13-24(14-12-23)25-15-17-26(18-16-25)28-20-19-27(6-4-2)29(30(28)32)31(33,34)35/h4,6,11-22H,3,5,7-10H2,1-2H3/b6-4+. The molecule has 0 saturated heterocycles. The van der Waals surface area contributed by atoms with Crippen LogP contribution < -0.4 is 0 Å². The van der Waals surface area contributed by atoms with E-state index in [1.165, 1.54) is 68.4 Å². The van der Waals surface area contributed by atoms with E-state index in [0.29, 0.717) is 11.5 Å². The second-order valence-corrected chi connectivity index (χ2v) is 9.59. The van der Waals surface area contributed by atoms with E-state index in [0.717, 1.165) is 17.0 Å². The molecule has 4 heteroatoms. The van der Waals surface area contributed by atoms with Gasteiger partial charge in [0.15, 0.2) is 0 Å². The molecule has 1 aliphatic carbocycles. The SMILES string of the molecule is C/C=C/c1ccc(-c2ccc(-c3ccc(C4CCC(CCC)CC4)cc3)cc2)c(F)c1C(F)(F)F. The molecular formula is C31H32F4. The van der Waals surface area contributed by atoms with E-state index >= 15 is 0 Å². The predicted octanol–water partition coefficient (Wildman–Crippen LogP) is 10.3. The van der Waals surface area contributed by atoms with Crippen molar-refractivity contribution in [1.29, 1.82) is 0 Å². The lowest BCUT2D eigenvalue weighted by Gasteiger charge is -2.28. The zero-order valence-electron chi connectivity index (χ0n) is 20.3. The largest absolute Gasteiger partial charge is 0.419 e. The van der Waals surface area contributed by atoms with Gasteiger partial charge in [-0.25, -0.2) is 4.39 Å². The van der Waals surface area contributed by atoms with Gasteiger partial charge in [0.25, 0.3) is 0 Å². The van der Waals surface area contributed by atoms with Gasteiger partial charge in [-0.15, -0.1) is 0 Å². The molecule has 0 aliphatic heterocycles. The van der Waals surface area contributed by atoms with Crippen LogP contribution in [0.2, 0.25) is 0 Å². The van der Waals surface area contributed by atoms with E-state index in [1.54, 1.807) is 19.1 Å². The van der Waals surface area contributed by atoms with Crippen molar-refractivity contribution >= 4 is 6.08 Å². The van der Waals surface area contributed by atoms with Gasteiger partial charge in [0, 0.05) is 5.56 Å². The Bertz CT molecular complexity index is 1150. The number of benzene rings is 3. The molecular weight excluding hydrogens is 448 g/mol. The third-order valence-electron chi connectivity index (χ3n) is 7.26. The first-order valence-electron chi connectivity index (χ1n) is 12.5. The van der Waals surface area contributed by atoms with Gasteiger partial charge in [-0.05, 0) is 72.3 Å². The summed E-state index contributed by atoms with van der Waals surface area (Å²) in [5.74, 6) is 0.264. The van der Waals surface area contributed by atoms with Gasteiger partial charge < -0.3 is 0 Å². The average molecular weight is 481 g/mol. The Hall–Kier alpha value is -2.88. The van der Waals surface area contributed by atoms with Gasteiger partial charge in [0.1, 0.15) is 5.82 Å². The lowest BCUT2D eigenvalue weighted by molar-refractivity contribution is -0.140. The molecule has 0 amide bonds. The van der Waals surface area contributed by atoms with E-state index < -0.39 is 17.6 Å². The summed E-state index contributed by atoms with van der Waals surface area (Å²) < 4.78 is 55.7.